The van der Waals surface area contributed by atoms with Crippen molar-refractivity contribution in [3.8, 4) is 5.75 Å². The molecule has 4 heteroatoms. The van der Waals surface area contributed by atoms with Gasteiger partial charge in [0.1, 0.15) is 5.75 Å². The molecule has 0 heterocycles. The number of halogens is 2. The summed E-state index contributed by atoms with van der Waals surface area (Å²) in [4.78, 5) is 0. The van der Waals surface area contributed by atoms with E-state index in [1.54, 1.807) is 7.11 Å². The number of hydrogen-bond acceptors (Lipinski definition) is 2. The first-order valence-electron chi connectivity index (χ1n) is 6.32. The van der Waals surface area contributed by atoms with Crippen molar-refractivity contribution in [2.45, 2.75) is 37.8 Å². The van der Waals surface area contributed by atoms with E-state index in [4.69, 9.17) is 16.3 Å². The van der Waals surface area contributed by atoms with Crippen LogP contribution in [0.2, 0.25) is 0 Å². The van der Waals surface area contributed by atoms with Crippen LogP contribution in [0.25, 0.3) is 0 Å². The normalized spacial score (nSPS) is 17.9. The van der Waals surface area contributed by atoms with E-state index < -0.39 is 0 Å². The van der Waals surface area contributed by atoms with Gasteiger partial charge >= 0.3 is 0 Å². The fourth-order valence-electron chi connectivity index (χ4n) is 2.52. The molecule has 2 nitrogen and oxygen atoms in total. The molecule has 0 bridgehead atoms. The van der Waals surface area contributed by atoms with Crippen molar-refractivity contribution in [3.63, 3.8) is 0 Å². The van der Waals surface area contributed by atoms with Crippen LogP contribution < -0.4 is 10.1 Å². The van der Waals surface area contributed by atoms with Gasteiger partial charge < -0.3 is 10.1 Å². The van der Waals surface area contributed by atoms with Crippen LogP contribution in [0, 0.1) is 0 Å². The smallest absolute Gasteiger partial charge is 0.133 e. The summed E-state index contributed by atoms with van der Waals surface area (Å²) in [5.74, 6) is 1.57. The Balaban J connectivity index is 1.99. The highest BCUT2D eigenvalue weighted by Gasteiger charge is 2.32. The van der Waals surface area contributed by atoms with Gasteiger partial charge in [-0.3, -0.25) is 0 Å². The predicted octanol–water partition coefficient (Wildman–Crippen LogP) is 4.10. The van der Waals surface area contributed by atoms with E-state index in [1.807, 2.05) is 6.07 Å². The number of hydrogen-bond donors (Lipinski definition) is 1. The minimum absolute atomic E-state index is 0.147. The lowest BCUT2D eigenvalue weighted by molar-refractivity contribution is 0.367. The number of nitrogens with one attached hydrogen (secondary N) is 1. The molecule has 18 heavy (non-hydrogen) atoms. The maximum absolute atomic E-state index is 6.12. The van der Waals surface area contributed by atoms with Gasteiger partial charge in [-0.25, -0.2) is 0 Å². The Bertz CT molecular complexity index is 405. The Labute approximate surface area is 122 Å². The summed E-state index contributed by atoms with van der Waals surface area (Å²) in [5, 5.41) is 3.63. The van der Waals surface area contributed by atoms with E-state index in [9.17, 15) is 0 Å². The van der Waals surface area contributed by atoms with Crippen LogP contribution in [0.4, 0.5) is 0 Å². The highest BCUT2D eigenvalue weighted by Crippen LogP contribution is 2.31. The van der Waals surface area contributed by atoms with Crippen molar-refractivity contribution in [2.24, 2.45) is 0 Å². The second kappa shape index (κ2) is 6.27. The monoisotopic (exact) mass is 331 g/mol. The second-order valence-electron chi connectivity index (χ2n) is 4.94. The molecule has 1 aromatic carbocycles. The molecule has 1 aromatic rings. The van der Waals surface area contributed by atoms with Gasteiger partial charge in [-0.15, -0.1) is 11.6 Å². The highest BCUT2D eigenvalue weighted by atomic mass is 79.9. The van der Waals surface area contributed by atoms with Gasteiger partial charge in [-0.1, -0.05) is 18.9 Å². The zero-order valence-corrected chi connectivity index (χ0v) is 13.0. The van der Waals surface area contributed by atoms with E-state index in [-0.39, 0.29) is 5.54 Å². The summed E-state index contributed by atoms with van der Waals surface area (Å²) < 4.78 is 6.23. The molecule has 0 aliphatic heterocycles. The lowest BCUT2D eigenvalue weighted by Crippen LogP contribution is -2.43. The van der Waals surface area contributed by atoms with Crippen LogP contribution in [0.3, 0.4) is 0 Å². The van der Waals surface area contributed by atoms with Gasteiger partial charge in [0.25, 0.3) is 0 Å². The van der Waals surface area contributed by atoms with Gasteiger partial charge in [-0.05, 0) is 46.5 Å². The molecule has 0 saturated heterocycles. The Morgan fingerprint density at radius 1 is 1.39 bits per heavy atom. The first-order valence-corrected chi connectivity index (χ1v) is 7.65. The van der Waals surface area contributed by atoms with Crippen molar-refractivity contribution in [1.82, 2.24) is 5.32 Å². The standard InChI is InChI=1S/C14H19BrClNO/c1-18-13-5-4-11(8-12(13)15)9-17-14(10-16)6-2-3-7-14/h4-5,8,17H,2-3,6-7,9-10H2,1H3. The average Bonchev–Trinajstić information content (AvgIpc) is 2.86. The minimum Gasteiger partial charge on any atom is -0.496 e. The molecular weight excluding hydrogens is 314 g/mol. The fraction of sp³-hybridized carbons (Fsp3) is 0.571. The third-order valence-corrected chi connectivity index (χ3v) is 4.83. The van der Waals surface area contributed by atoms with Crippen molar-refractivity contribution in [3.05, 3.63) is 28.2 Å². The van der Waals surface area contributed by atoms with Gasteiger partial charge in [0.2, 0.25) is 0 Å². The summed E-state index contributed by atoms with van der Waals surface area (Å²) in [6.07, 6.45) is 4.94. The van der Waals surface area contributed by atoms with Crippen molar-refractivity contribution >= 4 is 27.5 Å². The maximum Gasteiger partial charge on any atom is 0.133 e. The molecule has 0 aromatic heterocycles. The number of alkyl halides is 1. The lowest BCUT2D eigenvalue weighted by Gasteiger charge is -2.28. The van der Waals surface area contributed by atoms with Gasteiger partial charge in [0.15, 0.2) is 0 Å². The fourth-order valence-corrected chi connectivity index (χ4v) is 3.47. The number of ether oxygens (including phenoxy) is 1. The zero-order chi connectivity index (χ0) is 13.0. The average molecular weight is 333 g/mol. The van der Waals surface area contributed by atoms with E-state index in [1.165, 1.54) is 31.2 Å². The van der Waals surface area contributed by atoms with Crippen LogP contribution >= 0.6 is 27.5 Å². The third-order valence-electron chi connectivity index (χ3n) is 3.70. The van der Waals surface area contributed by atoms with Crippen LogP contribution in [0.5, 0.6) is 5.75 Å². The van der Waals surface area contributed by atoms with Crippen molar-refractivity contribution < 1.29 is 4.74 Å². The third kappa shape index (κ3) is 3.19. The Kier molecular flexibility index (Phi) is 4.93. The molecule has 0 spiro atoms. The van der Waals surface area contributed by atoms with Crippen molar-refractivity contribution in [1.29, 1.82) is 0 Å². The summed E-state index contributed by atoms with van der Waals surface area (Å²) in [7, 11) is 1.68. The first kappa shape index (κ1) is 14.2. The minimum atomic E-state index is 0.147. The Morgan fingerprint density at radius 3 is 2.67 bits per heavy atom. The van der Waals surface area contributed by atoms with E-state index in [0.717, 1.165) is 16.8 Å². The highest BCUT2D eigenvalue weighted by molar-refractivity contribution is 9.10. The molecule has 100 valence electrons. The van der Waals surface area contributed by atoms with Crippen molar-refractivity contribution in [2.75, 3.05) is 13.0 Å². The second-order valence-corrected chi connectivity index (χ2v) is 6.07. The molecule has 1 N–H and O–H groups in total. The number of rotatable bonds is 5. The van der Waals surface area contributed by atoms with Crippen LogP contribution in [-0.4, -0.2) is 18.5 Å². The molecule has 1 aliphatic rings. The maximum atomic E-state index is 6.12. The SMILES string of the molecule is COc1ccc(CNC2(CCl)CCCC2)cc1Br. The molecule has 0 radical (unpaired) electrons. The zero-order valence-electron chi connectivity index (χ0n) is 10.6. The molecule has 0 amide bonds. The summed E-state index contributed by atoms with van der Waals surface area (Å²) >= 11 is 9.63. The molecule has 1 fully saturated rings. The number of methoxy groups -OCH3 is 1. The molecule has 0 atom stereocenters. The van der Waals surface area contributed by atoms with E-state index >= 15 is 0 Å². The largest absolute Gasteiger partial charge is 0.496 e. The topological polar surface area (TPSA) is 21.3 Å². The van der Waals surface area contributed by atoms with E-state index in [2.05, 4.69) is 33.4 Å². The predicted molar refractivity (Wildman–Crippen MR) is 79.5 cm³/mol. The lowest BCUT2D eigenvalue weighted by atomic mass is 10.00. The van der Waals surface area contributed by atoms with E-state index in [0.29, 0.717) is 5.88 Å². The summed E-state index contributed by atoms with van der Waals surface area (Å²) in [5.41, 5.74) is 1.40. The van der Waals surface area contributed by atoms with Gasteiger partial charge in [0, 0.05) is 18.0 Å². The van der Waals surface area contributed by atoms with Crippen LogP contribution in [0.15, 0.2) is 22.7 Å². The number of benzene rings is 1. The van der Waals surface area contributed by atoms with Crippen LogP contribution in [-0.2, 0) is 6.54 Å². The molecule has 2 rings (SSSR count). The quantitative estimate of drug-likeness (QED) is 0.820. The molecule has 1 saturated carbocycles. The molecule has 1 aliphatic carbocycles. The molecular formula is C14H19BrClNO. The molecule has 0 unspecified atom stereocenters. The summed E-state index contributed by atoms with van der Waals surface area (Å²) in [6, 6.07) is 6.18. The van der Waals surface area contributed by atoms with Gasteiger partial charge in [-0.2, -0.15) is 0 Å². The summed E-state index contributed by atoms with van der Waals surface area (Å²) in [6.45, 7) is 0.856. The Hall–Kier alpha value is -0.250. The first-order chi connectivity index (χ1) is 8.69. The van der Waals surface area contributed by atoms with Crippen LogP contribution in [0.1, 0.15) is 31.2 Å². The Morgan fingerprint density at radius 2 is 2.11 bits per heavy atom. The van der Waals surface area contributed by atoms with Gasteiger partial charge in [0.05, 0.1) is 11.6 Å².